The third-order valence-corrected chi connectivity index (χ3v) is 3.59. The Morgan fingerprint density at radius 2 is 2.32 bits per heavy atom. The number of rotatable bonds is 4. The van der Waals surface area contributed by atoms with Gasteiger partial charge in [-0.3, -0.25) is 9.48 Å². The number of hydrogen-bond donors (Lipinski definition) is 1. The molecule has 0 saturated heterocycles. The number of aliphatic hydroxyl groups excluding tert-OH is 1. The van der Waals surface area contributed by atoms with Crippen molar-refractivity contribution in [1.29, 1.82) is 0 Å². The second kappa shape index (κ2) is 5.50. The molecule has 0 aliphatic carbocycles. The van der Waals surface area contributed by atoms with Crippen LogP contribution in [0, 0.1) is 0 Å². The molecule has 0 fully saturated rings. The van der Waals surface area contributed by atoms with Crippen molar-refractivity contribution < 1.29 is 9.90 Å². The lowest BCUT2D eigenvalue weighted by Crippen LogP contribution is -2.32. The van der Waals surface area contributed by atoms with Crippen LogP contribution in [0.15, 0.2) is 18.6 Å². The van der Waals surface area contributed by atoms with Gasteiger partial charge in [-0.1, -0.05) is 0 Å². The maximum absolute atomic E-state index is 12.1. The number of amides is 1. The van der Waals surface area contributed by atoms with Crippen LogP contribution >= 0.6 is 11.3 Å². The largest absolute Gasteiger partial charge is 0.392 e. The van der Waals surface area contributed by atoms with Crippen LogP contribution in [0.4, 0.5) is 0 Å². The number of likely N-dealkylation sites (N-methyl/N-ethyl adjacent to an activating group) is 1. The van der Waals surface area contributed by atoms with Crippen LogP contribution in [-0.2, 0) is 7.05 Å². The van der Waals surface area contributed by atoms with Crippen molar-refractivity contribution in [2.45, 2.75) is 13.0 Å². The Labute approximate surface area is 115 Å². The SMILES string of the molecule is CC(O)CN(C)C(=O)c1cnc(-c2cnn(C)c2)s1. The van der Waals surface area contributed by atoms with E-state index in [1.165, 1.54) is 16.2 Å². The number of aromatic nitrogens is 3. The number of nitrogens with zero attached hydrogens (tertiary/aromatic N) is 4. The summed E-state index contributed by atoms with van der Waals surface area (Å²) in [5, 5.41) is 14.1. The summed E-state index contributed by atoms with van der Waals surface area (Å²) in [6.07, 6.45) is 4.59. The third kappa shape index (κ3) is 3.18. The van der Waals surface area contributed by atoms with Gasteiger partial charge >= 0.3 is 0 Å². The van der Waals surface area contributed by atoms with E-state index in [0.29, 0.717) is 11.4 Å². The lowest BCUT2D eigenvalue weighted by molar-refractivity contribution is 0.0708. The molecule has 2 aromatic heterocycles. The van der Waals surface area contributed by atoms with E-state index in [9.17, 15) is 9.90 Å². The average Bonchev–Trinajstić information content (AvgIpc) is 2.95. The van der Waals surface area contributed by atoms with Crippen LogP contribution in [0.25, 0.3) is 10.6 Å². The molecule has 19 heavy (non-hydrogen) atoms. The van der Waals surface area contributed by atoms with Crippen LogP contribution in [0.2, 0.25) is 0 Å². The van der Waals surface area contributed by atoms with Gasteiger partial charge in [0.1, 0.15) is 9.88 Å². The fraction of sp³-hybridized carbons (Fsp3) is 0.417. The molecule has 2 aromatic rings. The molecule has 1 N–H and O–H groups in total. The predicted molar refractivity (Wildman–Crippen MR) is 73.0 cm³/mol. The monoisotopic (exact) mass is 280 g/mol. The van der Waals surface area contributed by atoms with Crippen molar-refractivity contribution in [1.82, 2.24) is 19.7 Å². The molecule has 1 atom stereocenters. The van der Waals surface area contributed by atoms with E-state index in [4.69, 9.17) is 0 Å². The van der Waals surface area contributed by atoms with Gasteiger partial charge in [0.25, 0.3) is 5.91 Å². The van der Waals surface area contributed by atoms with Crippen molar-refractivity contribution >= 4 is 17.2 Å². The number of carbonyl (C=O) groups is 1. The van der Waals surface area contributed by atoms with Crippen molar-refractivity contribution in [3.05, 3.63) is 23.5 Å². The number of aliphatic hydroxyl groups is 1. The van der Waals surface area contributed by atoms with Crippen molar-refractivity contribution in [2.75, 3.05) is 13.6 Å². The Morgan fingerprint density at radius 1 is 1.58 bits per heavy atom. The first-order valence-electron chi connectivity index (χ1n) is 5.85. The Bertz CT molecular complexity index is 576. The van der Waals surface area contributed by atoms with Crippen molar-refractivity contribution in [3.8, 4) is 10.6 Å². The zero-order valence-corrected chi connectivity index (χ0v) is 11.9. The lowest BCUT2D eigenvalue weighted by atomic mass is 10.3. The molecule has 0 bridgehead atoms. The van der Waals surface area contributed by atoms with Gasteiger partial charge in [-0.05, 0) is 6.92 Å². The van der Waals surface area contributed by atoms with Crippen molar-refractivity contribution in [3.63, 3.8) is 0 Å². The number of hydrogen-bond acceptors (Lipinski definition) is 5. The highest BCUT2D eigenvalue weighted by atomic mass is 32.1. The van der Waals surface area contributed by atoms with Gasteiger partial charge < -0.3 is 10.0 Å². The second-order valence-electron chi connectivity index (χ2n) is 4.47. The van der Waals surface area contributed by atoms with E-state index < -0.39 is 6.10 Å². The smallest absolute Gasteiger partial charge is 0.265 e. The summed E-state index contributed by atoms with van der Waals surface area (Å²) in [5.74, 6) is -0.131. The van der Waals surface area contributed by atoms with Gasteiger partial charge in [-0.2, -0.15) is 5.10 Å². The first-order valence-corrected chi connectivity index (χ1v) is 6.67. The number of thiazole rings is 1. The highest BCUT2D eigenvalue weighted by Gasteiger charge is 2.17. The van der Waals surface area contributed by atoms with Gasteiger partial charge in [-0.15, -0.1) is 11.3 Å². The molecular weight excluding hydrogens is 264 g/mol. The van der Waals surface area contributed by atoms with Crippen LogP contribution < -0.4 is 0 Å². The third-order valence-electron chi connectivity index (χ3n) is 2.55. The van der Waals surface area contributed by atoms with Crippen LogP contribution in [0.1, 0.15) is 16.6 Å². The average molecular weight is 280 g/mol. The molecule has 0 aromatic carbocycles. The number of carbonyl (C=O) groups excluding carboxylic acids is 1. The minimum atomic E-state index is -0.542. The summed E-state index contributed by atoms with van der Waals surface area (Å²) in [6.45, 7) is 1.95. The second-order valence-corrected chi connectivity index (χ2v) is 5.50. The van der Waals surface area contributed by atoms with Gasteiger partial charge in [0.15, 0.2) is 0 Å². The van der Waals surface area contributed by atoms with Crippen molar-refractivity contribution in [2.24, 2.45) is 7.05 Å². The minimum Gasteiger partial charge on any atom is -0.392 e. The molecule has 0 aliphatic rings. The summed E-state index contributed by atoms with van der Waals surface area (Å²) in [6, 6.07) is 0. The minimum absolute atomic E-state index is 0.131. The Hall–Kier alpha value is -1.73. The van der Waals surface area contributed by atoms with Gasteiger partial charge in [0.2, 0.25) is 0 Å². The molecule has 102 valence electrons. The highest BCUT2D eigenvalue weighted by Crippen LogP contribution is 2.25. The predicted octanol–water partition coefficient (Wildman–Crippen LogP) is 0.996. The highest BCUT2D eigenvalue weighted by molar-refractivity contribution is 7.16. The lowest BCUT2D eigenvalue weighted by Gasteiger charge is -2.17. The van der Waals surface area contributed by atoms with Gasteiger partial charge in [0.05, 0.1) is 18.5 Å². The Morgan fingerprint density at radius 3 is 2.89 bits per heavy atom. The molecule has 6 nitrogen and oxygen atoms in total. The molecule has 0 aliphatic heterocycles. The summed E-state index contributed by atoms with van der Waals surface area (Å²) in [5.41, 5.74) is 0.893. The van der Waals surface area contributed by atoms with Crippen LogP contribution in [0.5, 0.6) is 0 Å². The zero-order valence-electron chi connectivity index (χ0n) is 11.1. The standard InChI is InChI=1S/C12H16N4O2S/c1-8(17)6-15(2)12(18)10-5-13-11(19-10)9-4-14-16(3)7-9/h4-5,7-8,17H,6H2,1-3H3. The van der Waals surface area contributed by atoms with E-state index in [1.807, 2.05) is 13.2 Å². The molecule has 0 spiro atoms. The maximum Gasteiger partial charge on any atom is 0.265 e. The van der Waals surface area contributed by atoms with E-state index in [0.717, 1.165) is 10.6 Å². The molecule has 1 unspecified atom stereocenters. The molecule has 1 amide bonds. The molecule has 0 radical (unpaired) electrons. The zero-order chi connectivity index (χ0) is 14.0. The maximum atomic E-state index is 12.1. The molecule has 0 saturated carbocycles. The fourth-order valence-electron chi connectivity index (χ4n) is 1.71. The summed E-state index contributed by atoms with van der Waals surface area (Å²) < 4.78 is 1.69. The first-order chi connectivity index (χ1) is 8.97. The van der Waals surface area contributed by atoms with Gasteiger partial charge in [0, 0.05) is 32.4 Å². The molecule has 2 heterocycles. The number of aryl methyl sites for hydroxylation is 1. The summed E-state index contributed by atoms with van der Waals surface area (Å²) >= 11 is 1.33. The molecule has 7 heteroatoms. The van der Waals surface area contributed by atoms with Gasteiger partial charge in [-0.25, -0.2) is 4.98 Å². The van der Waals surface area contributed by atoms with Crippen LogP contribution in [-0.4, -0.2) is 50.4 Å². The Balaban J connectivity index is 2.15. The normalized spacial score (nSPS) is 12.4. The topological polar surface area (TPSA) is 71.2 Å². The molecular formula is C12H16N4O2S. The van der Waals surface area contributed by atoms with Crippen LogP contribution in [0.3, 0.4) is 0 Å². The first kappa shape index (κ1) is 13.7. The summed E-state index contributed by atoms with van der Waals surface area (Å²) in [7, 11) is 3.50. The van der Waals surface area contributed by atoms with E-state index in [2.05, 4.69) is 10.1 Å². The molecule has 2 rings (SSSR count). The van der Waals surface area contributed by atoms with E-state index in [1.54, 1.807) is 31.0 Å². The van der Waals surface area contributed by atoms with E-state index in [-0.39, 0.29) is 5.91 Å². The van der Waals surface area contributed by atoms with E-state index >= 15 is 0 Å². The quantitative estimate of drug-likeness (QED) is 0.907. The fourth-order valence-corrected chi connectivity index (χ4v) is 2.59. The Kier molecular flexibility index (Phi) is 3.96. The summed E-state index contributed by atoms with van der Waals surface area (Å²) in [4.78, 5) is 18.4.